The number of sulfonamides is 1. The quantitative estimate of drug-likeness (QED) is 0.807. The molecular weight excluding hydrogens is 300 g/mol. The van der Waals surface area contributed by atoms with E-state index < -0.39 is 22.0 Å². The smallest absolute Gasteiger partial charge is 0.252 e. The van der Waals surface area contributed by atoms with Crippen molar-refractivity contribution >= 4 is 27.5 Å². The van der Waals surface area contributed by atoms with Crippen LogP contribution in [0.15, 0.2) is 23.1 Å². The van der Waals surface area contributed by atoms with Crippen molar-refractivity contribution < 1.29 is 13.2 Å². The van der Waals surface area contributed by atoms with E-state index in [1.54, 1.807) is 0 Å². The maximum Gasteiger partial charge on any atom is 0.252 e. The van der Waals surface area contributed by atoms with Crippen molar-refractivity contribution in [3.63, 3.8) is 0 Å². The van der Waals surface area contributed by atoms with Crippen LogP contribution in [-0.2, 0) is 10.0 Å². The van der Waals surface area contributed by atoms with Crippen molar-refractivity contribution in [3.05, 3.63) is 28.8 Å². The summed E-state index contributed by atoms with van der Waals surface area (Å²) in [5, 5.41) is 7.75. The van der Waals surface area contributed by atoms with Gasteiger partial charge in [-0.3, -0.25) is 4.79 Å². The molecule has 0 aromatic heterocycles. The number of amides is 1. The van der Waals surface area contributed by atoms with E-state index in [2.05, 4.69) is 11.2 Å². The third kappa shape index (κ3) is 4.53. The lowest BCUT2D eigenvalue weighted by atomic mass is 10.1. The van der Waals surface area contributed by atoms with Crippen LogP contribution in [0.2, 0.25) is 5.02 Å². The summed E-state index contributed by atoms with van der Waals surface area (Å²) in [6, 6.07) is 3.28. The number of primary sulfonamides is 1. The zero-order chi connectivity index (χ0) is 15.3. The van der Waals surface area contributed by atoms with E-state index in [1.807, 2.05) is 6.92 Å². The molecule has 20 heavy (non-hydrogen) atoms. The Balaban J connectivity index is 3.05. The number of hydrogen-bond acceptors (Lipinski definition) is 3. The Morgan fingerprint density at radius 1 is 1.50 bits per heavy atom. The van der Waals surface area contributed by atoms with Crippen molar-refractivity contribution in [2.45, 2.75) is 30.7 Å². The van der Waals surface area contributed by atoms with E-state index in [4.69, 9.17) is 23.2 Å². The molecule has 0 aliphatic heterocycles. The second-order valence-corrected chi connectivity index (χ2v) is 6.20. The van der Waals surface area contributed by atoms with E-state index in [1.165, 1.54) is 12.1 Å². The molecule has 0 radical (unpaired) electrons. The van der Waals surface area contributed by atoms with Gasteiger partial charge in [-0.2, -0.15) is 0 Å². The molecule has 0 heterocycles. The summed E-state index contributed by atoms with van der Waals surface area (Å²) >= 11 is 5.79. The van der Waals surface area contributed by atoms with E-state index in [0.717, 1.165) is 12.5 Å². The maximum absolute atomic E-state index is 12.0. The molecule has 0 fully saturated rings. The standard InChI is InChI=1S/C13H15ClN2O3S/c1-3-5-11(4-2)16-13(17)9-6-10(14)8-12(7-9)20(15,18)19/h2,6-8,11H,3,5H2,1H3,(H,16,17)(H2,15,18,19). The van der Waals surface area contributed by atoms with Gasteiger partial charge in [0.25, 0.3) is 5.91 Å². The molecule has 1 unspecified atom stereocenters. The fourth-order valence-electron chi connectivity index (χ4n) is 1.59. The molecule has 0 saturated heterocycles. The SMILES string of the molecule is C#CC(CCC)NC(=O)c1cc(Cl)cc(S(N)(=O)=O)c1. The monoisotopic (exact) mass is 314 g/mol. The van der Waals surface area contributed by atoms with Crippen LogP contribution >= 0.6 is 11.6 Å². The molecule has 3 N–H and O–H groups in total. The third-order valence-electron chi connectivity index (χ3n) is 2.55. The lowest BCUT2D eigenvalue weighted by molar-refractivity contribution is 0.0944. The number of rotatable bonds is 5. The Morgan fingerprint density at radius 2 is 2.15 bits per heavy atom. The molecule has 5 nitrogen and oxygen atoms in total. The molecule has 108 valence electrons. The summed E-state index contributed by atoms with van der Waals surface area (Å²) in [4.78, 5) is 11.8. The van der Waals surface area contributed by atoms with Crippen molar-refractivity contribution in [3.8, 4) is 12.3 Å². The highest BCUT2D eigenvalue weighted by Gasteiger charge is 2.16. The third-order valence-corrected chi connectivity index (χ3v) is 3.66. The summed E-state index contributed by atoms with van der Waals surface area (Å²) in [6.45, 7) is 1.94. The Bertz CT molecular complexity index is 650. The van der Waals surface area contributed by atoms with Crippen LogP contribution in [0.4, 0.5) is 0 Å². The molecule has 0 saturated carbocycles. The van der Waals surface area contributed by atoms with Crippen LogP contribution in [0.3, 0.4) is 0 Å². The van der Waals surface area contributed by atoms with Crippen LogP contribution < -0.4 is 10.5 Å². The molecule has 0 bridgehead atoms. The van der Waals surface area contributed by atoms with Gasteiger partial charge in [0.05, 0.1) is 10.9 Å². The zero-order valence-corrected chi connectivity index (χ0v) is 12.5. The van der Waals surface area contributed by atoms with E-state index >= 15 is 0 Å². The van der Waals surface area contributed by atoms with Gasteiger partial charge in [-0.15, -0.1) is 6.42 Å². The van der Waals surface area contributed by atoms with Crippen molar-refractivity contribution in [1.29, 1.82) is 0 Å². The summed E-state index contributed by atoms with van der Waals surface area (Å²) in [5.74, 6) is 1.96. The topological polar surface area (TPSA) is 89.3 Å². The highest BCUT2D eigenvalue weighted by molar-refractivity contribution is 7.89. The number of terminal acetylenes is 1. The van der Waals surface area contributed by atoms with Crippen molar-refractivity contribution in [1.82, 2.24) is 5.32 Å². The summed E-state index contributed by atoms with van der Waals surface area (Å²) in [6.07, 6.45) is 6.75. The van der Waals surface area contributed by atoms with Gasteiger partial charge in [0.15, 0.2) is 0 Å². The van der Waals surface area contributed by atoms with Crippen molar-refractivity contribution in [2.75, 3.05) is 0 Å². The highest BCUT2D eigenvalue weighted by Crippen LogP contribution is 2.18. The molecule has 1 amide bonds. The number of carbonyl (C=O) groups is 1. The Labute approximate surface area is 123 Å². The summed E-state index contributed by atoms with van der Waals surface area (Å²) in [5.41, 5.74) is 0.0953. The first-order valence-electron chi connectivity index (χ1n) is 5.88. The average Bonchev–Trinajstić information content (AvgIpc) is 2.36. The van der Waals surface area contributed by atoms with Gasteiger partial charge in [-0.25, -0.2) is 13.6 Å². The number of hydrogen-bond donors (Lipinski definition) is 2. The van der Waals surface area contributed by atoms with E-state index in [-0.39, 0.29) is 15.5 Å². The summed E-state index contributed by atoms with van der Waals surface area (Å²) in [7, 11) is -3.93. The number of nitrogens with one attached hydrogen (secondary N) is 1. The molecule has 1 aromatic carbocycles. The van der Waals surface area contributed by atoms with Gasteiger partial charge in [-0.1, -0.05) is 30.9 Å². The minimum Gasteiger partial charge on any atom is -0.338 e. The Morgan fingerprint density at radius 3 is 2.65 bits per heavy atom. The second kappa shape index (κ2) is 6.75. The van der Waals surface area contributed by atoms with Crippen molar-refractivity contribution in [2.24, 2.45) is 5.14 Å². The van der Waals surface area contributed by atoms with Crippen LogP contribution in [0, 0.1) is 12.3 Å². The molecule has 0 spiro atoms. The maximum atomic E-state index is 12.0. The van der Waals surface area contributed by atoms with Gasteiger partial charge in [0, 0.05) is 10.6 Å². The fourth-order valence-corrected chi connectivity index (χ4v) is 2.47. The number of halogens is 1. The van der Waals surface area contributed by atoms with Crippen LogP contribution in [-0.4, -0.2) is 20.4 Å². The van der Waals surface area contributed by atoms with Gasteiger partial charge >= 0.3 is 0 Å². The lowest BCUT2D eigenvalue weighted by Gasteiger charge is -2.12. The van der Waals surface area contributed by atoms with Crippen LogP contribution in [0.5, 0.6) is 0 Å². The number of benzene rings is 1. The zero-order valence-electron chi connectivity index (χ0n) is 10.9. The minimum absolute atomic E-state index is 0.0953. The molecule has 1 rings (SSSR count). The van der Waals surface area contributed by atoms with Gasteiger partial charge in [0.1, 0.15) is 0 Å². The first-order chi connectivity index (χ1) is 9.27. The largest absolute Gasteiger partial charge is 0.338 e. The predicted octanol–water partition coefficient (Wildman–Crippen LogP) is 1.52. The average molecular weight is 315 g/mol. The summed E-state index contributed by atoms with van der Waals surface area (Å²) < 4.78 is 22.6. The first kappa shape index (κ1) is 16.5. The molecule has 0 aliphatic carbocycles. The highest BCUT2D eigenvalue weighted by atomic mass is 35.5. The number of carbonyl (C=O) groups excluding carboxylic acids is 1. The molecule has 0 aliphatic rings. The predicted molar refractivity (Wildman–Crippen MR) is 77.8 cm³/mol. The molecule has 1 atom stereocenters. The Hall–Kier alpha value is -1.55. The van der Waals surface area contributed by atoms with E-state index in [0.29, 0.717) is 6.42 Å². The van der Waals surface area contributed by atoms with Gasteiger partial charge in [0.2, 0.25) is 10.0 Å². The first-order valence-corrected chi connectivity index (χ1v) is 7.80. The van der Waals surface area contributed by atoms with Crippen LogP contribution in [0.25, 0.3) is 0 Å². The van der Waals surface area contributed by atoms with Gasteiger partial charge in [-0.05, 0) is 24.6 Å². The number of nitrogens with two attached hydrogens (primary N) is 1. The molecule has 1 aromatic rings. The second-order valence-electron chi connectivity index (χ2n) is 4.20. The van der Waals surface area contributed by atoms with Gasteiger partial charge < -0.3 is 5.32 Å². The molecular formula is C13H15ClN2O3S. The Kier molecular flexibility index (Phi) is 5.57. The fraction of sp³-hybridized carbons (Fsp3) is 0.308. The lowest BCUT2D eigenvalue weighted by Crippen LogP contribution is -2.33. The minimum atomic E-state index is -3.93. The normalized spacial score (nSPS) is 12.5. The van der Waals surface area contributed by atoms with Crippen LogP contribution in [0.1, 0.15) is 30.1 Å². The van der Waals surface area contributed by atoms with E-state index in [9.17, 15) is 13.2 Å². The molecule has 7 heteroatoms.